The van der Waals surface area contributed by atoms with E-state index >= 15 is 0 Å². The second-order valence-corrected chi connectivity index (χ2v) is 5.47. The van der Waals surface area contributed by atoms with E-state index in [-0.39, 0.29) is 12.6 Å². The molecule has 1 fully saturated rings. The van der Waals surface area contributed by atoms with Crippen molar-refractivity contribution in [1.29, 1.82) is 0 Å². The van der Waals surface area contributed by atoms with Crippen LogP contribution in [0.15, 0.2) is 24.3 Å². The van der Waals surface area contributed by atoms with E-state index in [1.165, 1.54) is 0 Å². The minimum atomic E-state index is -0.797. The summed E-state index contributed by atoms with van der Waals surface area (Å²) in [6, 6.07) is 7.68. The molecule has 2 rings (SSSR count). The molecule has 0 spiro atoms. The van der Waals surface area contributed by atoms with Gasteiger partial charge in [0.15, 0.2) is 0 Å². The average molecular weight is 283 g/mol. The molecule has 0 radical (unpaired) electrons. The van der Waals surface area contributed by atoms with Gasteiger partial charge in [-0.1, -0.05) is 11.6 Å². The lowest BCUT2D eigenvalue weighted by Gasteiger charge is -2.38. The van der Waals surface area contributed by atoms with Crippen molar-refractivity contribution in [3.05, 3.63) is 29.3 Å². The molecule has 1 aliphatic heterocycles. The van der Waals surface area contributed by atoms with E-state index in [9.17, 15) is 4.79 Å². The summed E-state index contributed by atoms with van der Waals surface area (Å²) in [5, 5.41) is 9.77. The summed E-state index contributed by atoms with van der Waals surface area (Å²) in [6.45, 7) is 2.05. The van der Waals surface area contributed by atoms with Crippen LogP contribution in [0.5, 0.6) is 0 Å². The predicted molar refractivity (Wildman–Crippen MR) is 77.0 cm³/mol. The highest BCUT2D eigenvalue weighted by atomic mass is 35.5. The molecule has 0 atom stereocenters. The van der Waals surface area contributed by atoms with Crippen molar-refractivity contribution in [3.63, 3.8) is 0 Å². The molecule has 0 unspecified atom stereocenters. The van der Waals surface area contributed by atoms with Crippen molar-refractivity contribution < 1.29 is 9.90 Å². The molecule has 0 aliphatic carbocycles. The number of carbonyl (C=O) groups is 1. The average Bonchev–Trinajstić information content (AvgIpc) is 2.38. The smallest absolute Gasteiger partial charge is 0.323 e. The van der Waals surface area contributed by atoms with Crippen LogP contribution < -0.4 is 4.90 Å². The number of carboxylic acid groups (broad SMARTS) is 1. The Hall–Kier alpha value is -1.26. The first-order valence-corrected chi connectivity index (χ1v) is 6.86. The van der Waals surface area contributed by atoms with E-state index in [4.69, 9.17) is 16.7 Å². The summed E-state index contributed by atoms with van der Waals surface area (Å²) in [5.74, 6) is -0.797. The van der Waals surface area contributed by atoms with E-state index in [1.807, 2.05) is 17.0 Å². The number of aliphatic carboxylic acids is 1. The van der Waals surface area contributed by atoms with E-state index in [0.717, 1.165) is 31.6 Å². The maximum Gasteiger partial charge on any atom is 0.323 e. The molecule has 1 saturated heterocycles. The Balaban J connectivity index is 2.15. The Morgan fingerprint density at radius 2 is 1.95 bits per heavy atom. The summed E-state index contributed by atoms with van der Waals surface area (Å²) < 4.78 is 0. The van der Waals surface area contributed by atoms with Crippen LogP contribution in [-0.2, 0) is 4.79 Å². The summed E-state index contributed by atoms with van der Waals surface area (Å²) in [5.41, 5.74) is 0.932. The highest BCUT2D eigenvalue weighted by molar-refractivity contribution is 6.30. The third-order valence-corrected chi connectivity index (χ3v) is 3.84. The molecule has 0 bridgehead atoms. The number of hydrogen-bond acceptors (Lipinski definition) is 3. The van der Waals surface area contributed by atoms with E-state index in [0.29, 0.717) is 5.02 Å². The van der Waals surface area contributed by atoms with Gasteiger partial charge in [-0.15, -0.1) is 0 Å². The molecule has 1 aromatic carbocycles. The van der Waals surface area contributed by atoms with Crippen molar-refractivity contribution in [2.24, 2.45) is 0 Å². The minimum absolute atomic E-state index is 0.0377. The molecular weight excluding hydrogens is 264 g/mol. The van der Waals surface area contributed by atoms with E-state index in [2.05, 4.69) is 11.9 Å². The van der Waals surface area contributed by atoms with Crippen molar-refractivity contribution >= 4 is 23.3 Å². The number of benzene rings is 1. The van der Waals surface area contributed by atoms with Crippen LogP contribution >= 0.6 is 11.6 Å². The molecule has 0 aromatic heterocycles. The van der Waals surface area contributed by atoms with Crippen molar-refractivity contribution in [1.82, 2.24) is 4.90 Å². The molecule has 1 heterocycles. The van der Waals surface area contributed by atoms with Crippen LogP contribution in [0.3, 0.4) is 0 Å². The van der Waals surface area contributed by atoms with E-state index in [1.54, 1.807) is 12.1 Å². The first-order chi connectivity index (χ1) is 9.06. The van der Waals surface area contributed by atoms with E-state index < -0.39 is 5.97 Å². The number of nitrogens with zero attached hydrogens (tertiary/aromatic N) is 2. The number of piperidine rings is 1. The first-order valence-electron chi connectivity index (χ1n) is 6.49. The molecule has 104 valence electrons. The molecule has 1 aromatic rings. The maximum absolute atomic E-state index is 11.1. The van der Waals surface area contributed by atoms with Crippen molar-refractivity contribution in [2.75, 3.05) is 31.6 Å². The van der Waals surface area contributed by atoms with Gasteiger partial charge in [-0.05, 0) is 57.2 Å². The quantitative estimate of drug-likeness (QED) is 0.920. The SMILES string of the molecule is CN1CCC(N(CC(=O)O)c2ccc(Cl)cc2)CC1. The molecular formula is C14H19ClN2O2. The second-order valence-electron chi connectivity index (χ2n) is 5.03. The van der Waals surface area contributed by atoms with Crippen LogP contribution in [-0.4, -0.2) is 48.7 Å². The predicted octanol–water partition coefficient (Wildman–Crippen LogP) is 2.33. The highest BCUT2D eigenvalue weighted by Gasteiger charge is 2.24. The Bertz CT molecular complexity index is 428. The lowest BCUT2D eigenvalue weighted by Crippen LogP contribution is -2.45. The summed E-state index contributed by atoms with van der Waals surface area (Å²) >= 11 is 5.89. The molecule has 0 amide bonds. The van der Waals surface area contributed by atoms with Gasteiger partial charge >= 0.3 is 5.97 Å². The summed E-state index contributed by atoms with van der Waals surface area (Å²) in [6.07, 6.45) is 1.98. The van der Waals surface area contributed by atoms with Gasteiger partial charge in [0, 0.05) is 16.8 Å². The minimum Gasteiger partial charge on any atom is -0.480 e. The first kappa shape index (κ1) is 14.2. The van der Waals surface area contributed by atoms with Crippen molar-refractivity contribution in [3.8, 4) is 0 Å². The zero-order valence-corrected chi connectivity index (χ0v) is 11.8. The number of carboxylic acids is 1. The van der Waals surface area contributed by atoms with Crippen LogP contribution in [0.1, 0.15) is 12.8 Å². The highest BCUT2D eigenvalue weighted by Crippen LogP contribution is 2.24. The fourth-order valence-electron chi connectivity index (χ4n) is 2.52. The van der Waals surface area contributed by atoms with Gasteiger partial charge < -0.3 is 14.9 Å². The van der Waals surface area contributed by atoms with Crippen LogP contribution in [0.25, 0.3) is 0 Å². The van der Waals surface area contributed by atoms with Crippen LogP contribution in [0, 0.1) is 0 Å². The largest absolute Gasteiger partial charge is 0.480 e. The van der Waals surface area contributed by atoms with Gasteiger partial charge in [0.2, 0.25) is 0 Å². The lowest BCUT2D eigenvalue weighted by molar-refractivity contribution is -0.135. The van der Waals surface area contributed by atoms with Gasteiger partial charge in [-0.25, -0.2) is 0 Å². The second kappa shape index (κ2) is 6.26. The van der Waals surface area contributed by atoms with Gasteiger partial charge in [0.1, 0.15) is 6.54 Å². The number of anilines is 1. The Labute approximate surface area is 118 Å². The van der Waals surface area contributed by atoms with Crippen LogP contribution in [0.4, 0.5) is 5.69 Å². The summed E-state index contributed by atoms with van der Waals surface area (Å²) in [4.78, 5) is 15.3. The van der Waals surface area contributed by atoms with Gasteiger partial charge in [0.25, 0.3) is 0 Å². The molecule has 19 heavy (non-hydrogen) atoms. The fraction of sp³-hybridized carbons (Fsp3) is 0.500. The third-order valence-electron chi connectivity index (χ3n) is 3.59. The zero-order chi connectivity index (χ0) is 13.8. The van der Waals surface area contributed by atoms with Gasteiger partial charge in [-0.3, -0.25) is 4.79 Å². The number of halogens is 1. The molecule has 1 N–H and O–H groups in total. The Morgan fingerprint density at radius 1 is 1.37 bits per heavy atom. The number of likely N-dealkylation sites (tertiary alicyclic amines) is 1. The molecule has 5 heteroatoms. The number of hydrogen-bond donors (Lipinski definition) is 1. The van der Waals surface area contributed by atoms with Crippen LogP contribution in [0.2, 0.25) is 5.02 Å². The normalized spacial score (nSPS) is 17.4. The Morgan fingerprint density at radius 3 is 2.47 bits per heavy atom. The van der Waals surface area contributed by atoms with Gasteiger partial charge in [-0.2, -0.15) is 0 Å². The maximum atomic E-state index is 11.1. The third kappa shape index (κ3) is 3.85. The van der Waals surface area contributed by atoms with Crippen molar-refractivity contribution in [2.45, 2.75) is 18.9 Å². The monoisotopic (exact) mass is 282 g/mol. The molecule has 1 aliphatic rings. The van der Waals surface area contributed by atoms with Gasteiger partial charge in [0.05, 0.1) is 0 Å². The number of rotatable bonds is 4. The fourth-order valence-corrected chi connectivity index (χ4v) is 2.64. The molecule has 4 nitrogen and oxygen atoms in total. The lowest BCUT2D eigenvalue weighted by atomic mass is 10.0. The standard InChI is InChI=1S/C14H19ClN2O2/c1-16-8-6-13(7-9-16)17(10-14(18)19)12-4-2-11(15)3-5-12/h2-5,13H,6-10H2,1H3,(H,18,19). The molecule has 0 saturated carbocycles. The summed E-state index contributed by atoms with van der Waals surface area (Å²) in [7, 11) is 2.10. The Kier molecular flexibility index (Phi) is 4.66. The topological polar surface area (TPSA) is 43.8 Å². The zero-order valence-electron chi connectivity index (χ0n) is 11.1.